The van der Waals surface area contributed by atoms with Crippen LogP contribution in [-0.2, 0) is 17.1 Å². The van der Waals surface area contributed by atoms with Crippen molar-refractivity contribution in [3.8, 4) is 0 Å². The van der Waals surface area contributed by atoms with Gasteiger partial charge in [-0.05, 0) is 18.9 Å². The molecular weight excluding hydrogens is 307 g/mol. The second-order valence-electron chi connectivity index (χ2n) is 5.13. The number of nitrogens with zero attached hydrogens (tertiary/aromatic N) is 2. The normalized spacial score (nSPS) is 15.9. The van der Waals surface area contributed by atoms with Crippen LogP contribution < -0.4 is 4.72 Å². The molecule has 9 heteroatoms. The predicted octanol–water partition coefficient (Wildman–Crippen LogP) is 2.38. The molecule has 2 atom stereocenters. The minimum absolute atomic E-state index is 0.151. The number of rotatable bonds is 7. The van der Waals surface area contributed by atoms with Crippen LogP contribution in [0.15, 0.2) is 12.3 Å². The Morgan fingerprint density at radius 2 is 2.05 bits per heavy atom. The van der Waals surface area contributed by atoms with E-state index >= 15 is 0 Å². The first kappa shape index (κ1) is 18.0. The van der Waals surface area contributed by atoms with Crippen molar-refractivity contribution in [2.45, 2.75) is 38.9 Å². The average molecular weight is 327 g/mol. The van der Waals surface area contributed by atoms with Crippen LogP contribution in [0.1, 0.15) is 38.4 Å². The smallest absolute Gasteiger partial charge is 0.275 e. The molecule has 1 heterocycles. The fraction of sp³-hybridized carbons (Fsp3) is 0.750. The van der Waals surface area contributed by atoms with Crippen molar-refractivity contribution < 1.29 is 21.6 Å². The number of sulfonamides is 1. The van der Waals surface area contributed by atoms with E-state index in [2.05, 4.69) is 9.82 Å². The van der Waals surface area contributed by atoms with Crippen molar-refractivity contribution >= 4 is 10.0 Å². The molecule has 21 heavy (non-hydrogen) atoms. The van der Waals surface area contributed by atoms with Crippen LogP contribution in [0.4, 0.5) is 13.2 Å². The molecule has 0 saturated carbocycles. The fourth-order valence-electron chi connectivity index (χ4n) is 2.00. The van der Waals surface area contributed by atoms with Crippen LogP contribution in [0, 0.1) is 5.92 Å². The molecule has 0 fully saturated rings. The monoisotopic (exact) mass is 327 g/mol. The summed E-state index contributed by atoms with van der Waals surface area (Å²) in [6, 6.07) is 1.07. The third kappa shape index (κ3) is 6.47. The van der Waals surface area contributed by atoms with Gasteiger partial charge in [0.25, 0.3) is 0 Å². The summed E-state index contributed by atoms with van der Waals surface area (Å²) in [4.78, 5) is 0. The molecule has 1 rings (SSSR count). The van der Waals surface area contributed by atoms with Crippen molar-refractivity contribution in [1.82, 2.24) is 14.5 Å². The number of hydrogen-bond donors (Lipinski definition) is 1. The van der Waals surface area contributed by atoms with Gasteiger partial charge in [0.1, 0.15) is 0 Å². The van der Waals surface area contributed by atoms with Gasteiger partial charge in [-0.15, -0.1) is 0 Å². The number of hydrogen-bond acceptors (Lipinski definition) is 3. The van der Waals surface area contributed by atoms with Crippen LogP contribution in [0.5, 0.6) is 0 Å². The molecule has 0 bridgehead atoms. The van der Waals surface area contributed by atoms with E-state index in [0.717, 1.165) is 0 Å². The van der Waals surface area contributed by atoms with E-state index < -0.39 is 40.3 Å². The first-order chi connectivity index (χ1) is 9.52. The molecule has 122 valence electrons. The molecule has 0 aromatic carbocycles. The van der Waals surface area contributed by atoms with Crippen LogP contribution in [0.2, 0.25) is 0 Å². The molecule has 1 aromatic heterocycles. The van der Waals surface area contributed by atoms with E-state index in [1.165, 1.54) is 4.68 Å². The van der Waals surface area contributed by atoms with Gasteiger partial charge >= 0.3 is 6.18 Å². The quantitative estimate of drug-likeness (QED) is 0.836. The van der Waals surface area contributed by atoms with Crippen molar-refractivity contribution in [2.24, 2.45) is 13.0 Å². The maximum absolute atomic E-state index is 12.4. The Bertz CT molecular complexity index is 554. The molecule has 5 nitrogen and oxygen atoms in total. The molecule has 1 aromatic rings. The maximum Gasteiger partial charge on any atom is 0.389 e. The molecule has 0 aliphatic heterocycles. The maximum atomic E-state index is 12.4. The SMILES string of the molecule is CCC(CC(F)(F)F)CS(=O)(=O)NC(C)c1ccn(C)n1. The first-order valence-electron chi connectivity index (χ1n) is 6.58. The van der Waals surface area contributed by atoms with E-state index in [9.17, 15) is 21.6 Å². The van der Waals surface area contributed by atoms with Gasteiger partial charge in [0.2, 0.25) is 10.0 Å². The summed E-state index contributed by atoms with van der Waals surface area (Å²) in [5.74, 6) is -1.49. The summed E-state index contributed by atoms with van der Waals surface area (Å²) in [5, 5.41) is 4.06. The minimum atomic E-state index is -4.36. The largest absolute Gasteiger partial charge is 0.389 e. The van der Waals surface area contributed by atoms with E-state index in [1.807, 2.05) is 0 Å². The molecule has 0 saturated heterocycles. The van der Waals surface area contributed by atoms with E-state index in [1.54, 1.807) is 33.2 Å². The van der Waals surface area contributed by atoms with Crippen LogP contribution in [-0.4, -0.2) is 30.1 Å². The van der Waals surface area contributed by atoms with Gasteiger partial charge in [-0.2, -0.15) is 18.3 Å². The Labute approximate surface area is 122 Å². The lowest BCUT2D eigenvalue weighted by Gasteiger charge is -2.19. The van der Waals surface area contributed by atoms with Crippen molar-refractivity contribution in [3.05, 3.63) is 18.0 Å². The Morgan fingerprint density at radius 1 is 1.43 bits per heavy atom. The fourth-order valence-corrected chi connectivity index (χ4v) is 3.73. The Kier molecular flexibility index (Phi) is 5.80. The predicted molar refractivity (Wildman–Crippen MR) is 73.0 cm³/mol. The summed E-state index contributed by atoms with van der Waals surface area (Å²) in [5.41, 5.74) is 0.518. The van der Waals surface area contributed by atoms with Crippen LogP contribution in [0.25, 0.3) is 0 Å². The van der Waals surface area contributed by atoms with Crippen molar-refractivity contribution in [2.75, 3.05) is 5.75 Å². The molecule has 0 amide bonds. The summed E-state index contributed by atoms with van der Waals surface area (Å²) in [7, 11) is -2.11. The minimum Gasteiger partial charge on any atom is -0.275 e. The van der Waals surface area contributed by atoms with Crippen LogP contribution in [0.3, 0.4) is 0 Å². The van der Waals surface area contributed by atoms with Gasteiger partial charge < -0.3 is 0 Å². The number of alkyl halides is 3. The van der Waals surface area contributed by atoms with Gasteiger partial charge in [0, 0.05) is 19.7 Å². The molecule has 0 spiro atoms. The molecule has 0 aliphatic rings. The lowest BCUT2D eigenvalue weighted by atomic mass is 10.1. The standard InChI is InChI=1S/C12H20F3N3O2S/c1-4-10(7-12(13,14)15)8-21(19,20)17-9(2)11-5-6-18(3)16-11/h5-6,9-10,17H,4,7-8H2,1-3H3. The zero-order valence-electron chi connectivity index (χ0n) is 12.2. The number of halogens is 3. The van der Waals surface area contributed by atoms with E-state index in [0.29, 0.717) is 5.69 Å². The summed E-state index contributed by atoms with van der Waals surface area (Å²) in [6.45, 7) is 3.15. The Morgan fingerprint density at radius 3 is 2.48 bits per heavy atom. The molecular formula is C12H20F3N3O2S. The van der Waals surface area contributed by atoms with Crippen LogP contribution >= 0.6 is 0 Å². The third-order valence-corrected chi connectivity index (χ3v) is 4.71. The summed E-state index contributed by atoms with van der Waals surface area (Å²) in [6.07, 6.45) is -3.64. The van der Waals surface area contributed by atoms with Gasteiger partial charge in [-0.3, -0.25) is 4.68 Å². The van der Waals surface area contributed by atoms with E-state index in [4.69, 9.17) is 0 Å². The zero-order chi connectivity index (χ0) is 16.3. The zero-order valence-corrected chi connectivity index (χ0v) is 13.0. The first-order valence-corrected chi connectivity index (χ1v) is 8.24. The highest BCUT2D eigenvalue weighted by molar-refractivity contribution is 7.89. The molecule has 1 N–H and O–H groups in total. The number of aryl methyl sites for hydroxylation is 1. The number of aromatic nitrogens is 2. The lowest BCUT2D eigenvalue weighted by molar-refractivity contribution is -0.143. The molecule has 0 radical (unpaired) electrons. The van der Waals surface area contributed by atoms with Crippen molar-refractivity contribution in [1.29, 1.82) is 0 Å². The Balaban J connectivity index is 2.68. The summed E-state index contributed by atoms with van der Waals surface area (Å²) < 4.78 is 64.9. The summed E-state index contributed by atoms with van der Waals surface area (Å²) >= 11 is 0. The highest BCUT2D eigenvalue weighted by Crippen LogP contribution is 2.27. The number of nitrogens with one attached hydrogen (secondary N) is 1. The molecule has 2 unspecified atom stereocenters. The second-order valence-corrected chi connectivity index (χ2v) is 6.93. The average Bonchev–Trinajstić information content (AvgIpc) is 2.72. The highest BCUT2D eigenvalue weighted by Gasteiger charge is 2.33. The van der Waals surface area contributed by atoms with E-state index in [-0.39, 0.29) is 6.42 Å². The molecule has 0 aliphatic carbocycles. The van der Waals surface area contributed by atoms with Gasteiger partial charge in [0.15, 0.2) is 0 Å². The topological polar surface area (TPSA) is 64.0 Å². The Hall–Kier alpha value is -1.09. The second kappa shape index (κ2) is 6.78. The van der Waals surface area contributed by atoms with Gasteiger partial charge in [0.05, 0.1) is 17.5 Å². The van der Waals surface area contributed by atoms with Crippen molar-refractivity contribution in [3.63, 3.8) is 0 Å². The third-order valence-electron chi connectivity index (χ3n) is 3.09. The van der Waals surface area contributed by atoms with Gasteiger partial charge in [-0.25, -0.2) is 13.1 Å². The lowest BCUT2D eigenvalue weighted by Crippen LogP contribution is -2.33. The highest BCUT2D eigenvalue weighted by atomic mass is 32.2. The van der Waals surface area contributed by atoms with Gasteiger partial charge in [-0.1, -0.05) is 13.3 Å².